The normalized spacial score (nSPS) is 11.0. The first-order valence-corrected chi connectivity index (χ1v) is 8.51. The predicted octanol–water partition coefficient (Wildman–Crippen LogP) is 3.95. The molecular formula is C20H19N5O. The SMILES string of the molecule is CCN(C)C(=O)c1cccc2cc(Nc3n[nH]c4cccnc34)ccc12. The van der Waals surface area contributed by atoms with Crippen molar-refractivity contribution in [1.82, 2.24) is 20.1 Å². The van der Waals surface area contributed by atoms with Crippen molar-refractivity contribution >= 4 is 39.2 Å². The number of rotatable bonds is 4. The van der Waals surface area contributed by atoms with Crippen LogP contribution in [0.2, 0.25) is 0 Å². The second-order valence-corrected chi connectivity index (χ2v) is 6.16. The standard InChI is InChI=1S/C20H19N5O/c1-3-25(2)20(26)16-7-4-6-13-12-14(9-10-15(13)16)22-19-18-17(23-24-19)8-5-11-21-18/h4-12H,3H2,1-2H3,(H2,22,23,24). The zero-order chi connectivity index (χ0) is 18.1. The van der Waals surface area contributed by atoms with Gasteiger partial charge in [-0.15, -0.1) is 0 Å². The Morgan fingerprint density at radius 3 is 2.92 bits per heavy atom. The van der Waals surface area contributed by atoms with Crippen LogP contribution in [0.15, 0.2) is 54.7 Å². The molecule has 0 unspecified atom stereocenters. The molecule has 6 nitrogen and oxygen atoms in total. The number of aromatic nitrogens is 3. The van der Waals surface area contributed by atoms with Crippen molar-refractivity contribution in [2.45, 2.75) is 6.92 Å². The van der Waals surface area contributed by atoms with Gasteiger partial charge in [-0.25, -0.2) is 0 Å². The number of carbonyl (C=O) groups excluding carboxylic acids is 1. The second kappa shape index (κ2) is 6.48. The third-order valence-electron chi connectivity index (χ3n) is 4.51. The van der Waals surface area contributed by atoms with Crippen LogP contribution < -0.4 is 5.32 Å². The molecule has 4 aromatic rings. The highest BCUT2D eigenvalue weighted by molar-refractivity contribution is 6.07. The largest absolute Gasteiger partial charge is 0.342 e. The minimum absolute atomic E-state index is 0.0290. The van der Waals surface area contributed by atoms with Gasteiger partial charge in [0.15, 0.2) is 5.82 Å². The summed E-state index contributed by atoms with van der Waals surface area (Å²) in [5.74, 6) is 0.708. The van der Waals surface area contributed by atoms with Gasteiger partial charge < -0.3 is 10.2 Å². The molecule has 2 heterocycles. The zero-order valence-electron chi connectivity index (χ0n) is 14.7. The summed E-state index contributed by atoms with van der Waals surface area (Å²) in [4.78, 5) is 18.6. The summed E-state index contributed by atoms with van der Waals surface area (Å²) in [6.07, 6.45) is 1.74. The summed E-state index contributed by atoms with van der Waals surface area (Å²) >= 11 is 0. The Balaban J connectivity index is 1.71. The lowest BCUT2D eigenvalue weighted by Gasteiger charge is -2.16. The zero-order valence-corrected chi connectivity index (χ0v) is 14.7. The first-order chi connectivity index (χ1) is 12.7. The molecule has 0 atom stereocenters. The van der Waals surface area contributed by atoms with Gasteiger partial charge in [0.1, 0.15) is 5.52 Å². The smallest absolute Gasteiger partial charge is 0.254 e. The van der Waals surface area contributed by atoms with E-state index in [2.05, 4.69) is 20.5 Å². The third kappa shape index (κ3) is 2.75. The van der Waals surface area contributed by atoms with Crippen LogP contribution >= 0.6 is 0 Å². The number of anilines is 2. The molecular weight excluding hydrogens is 326 g/mol. The Bertz CT molecular complexity index is 1100. The molecule has 2 aromatic carbocycles. The van der Waals surface area contributed by atoms with Crippen molar-refractivity contribution in [3.05, 3.63) is 60.3 Å². The Morgan fingerprint density at radius 2 is 2.08 bits per heavy atom. The van der Waals surface area contributed by atoms with E-state index < -0.39 is 0 Å². The number of aromatic amines is 1. The molecule has 2 aromatic heterocycles. The van der Waals surface area contributed by atoms with Crippen molar-refractivity contribution < 1.29 is 4.79 Å². The third-order valence-corrected chi connectivity index (χ3v) is 4.51. The first kappa shape index (κ1) is 16.1. The maximum Gasteiger partial charge on any atom is 0.254 e. The Labute approximate surface area is 150 Å². The van der Waals surface area contributed by atoms with Crippen LogP contribution in [0.4, 0.5) is 11.5 Å². The molecule has 130 valence electrons. The molecule has 0 radical (unpaired) electrons. The minimum Gasteiger partial charge on any atom is -0.342 e. The highest BCUT2D eigenvalue weighted by Gasteiger charge is 2.14. The quantitative estimate of drug-likeness (QED) is 0.587. The summed E-state index contributed by atoms with van der Waals surface area (Å²) in [6, 6.07) is 15.5. The van der Waals surface area contributed by atoms with Crippen LogP contribution in [0, 0.1) is 0 Å². The van der Waals surface area contributed by atoms with E-state index in [-0.39, 0.29) is 5.91 Å². The average Bonchev–Trinajstić information content (AvgIpc) is 3.09. The lowest BCUT2D eigenvalue weighted by Crippen LogP contribution is -2.26. The van der Waals surface area contributed by atoms with Crippen LogP contribution in [0.5, 0.6) is 0 Å². The maximum absolute atomic E-state index is 12.6. The summed E-state index contributed by atoms with van der Waals surface area (Å²) < 4.78 is 0. The molecule has 0 saturated heterocycles. The van der Waals surface area contributed by atoms with Gasteiger partial charge in [0.2, 0.25) is 0 Å². The molecule has 0 bridgehead atoms. The molecule has 1 amide bonds. The van der Waals surface area contributed by atoms with E-state index in [1.165, 1.54) is 0 Å². The lowest BCUT2D eigenvalue weighted by molar-refractivity contribution is 0.0804. The fourth-order valence-electron chi connectivity index (χ4n) is 2.97. The Hall–Kier alpha value is -3.41. The van der Waals surface area contributed by atoms with Gasteiger partial charge in [0.25, 0.3) is 5.91 Å². The van der Waals surface area contributed by atoms with Gasteiger partial charge in [-0.3, -0.25) is 14.9 Å². The van der Waals surface area contributed by atoms with Crippen molar-refractivity contribution in [2.24, 2.45) is 0 Å². The topological polar surface area (TPSA) is 73.9 Å². The van der Waals surface area contributed by atoms with E-state index in [0.29, 0.717) is 17.9 Å². The number of carbonyl (C=O) groups is 1. The summed E-state index contributed by atoms with van der Waals surface area (Å²) in [5.41, 5.74) is 3.28. The van der Waals surface area contributed by atoms with Crippen molar-refractivity contribution in [3.8, 4) is 0 Å². The number of nitrogens with zero attached hydrogens (tertiary/aromatic N) is 3. The Kier molecular flexibility index (Phi) is 4.01. The summed E-state index contributed by atoms with van der Waals surface area (Å²) in [5, 5.41) is 12.5. The number of fused-ring (bicyclic) bond motifs is 2. The molecule has 0 fully saturated rings. The van der Waals surface area contributed by atoms with Crippen molar-refractivity contribution in [3.63, 3.8) is 0 Å². The number of hydrogen-bond acceptors (Lipinski definition) is 4. The second-order valence-electron chi connectivity index (χ2n) is 6.16. The monoisotopic (exact) mass is 345 g/mol. The molecule has 26 heavy (non-hydrogen) atoms. The molecule has 0 aliphatic carbocycles. The number of benzene rings is 2. The fourth-order valence-corrected chi connectivity index (χ4v) is 2.97. The summed E-state index contributed by atoms with van der Waals surface area (Å²) in [7, 11) is 1.81. The predicted molar refractivity (Wildman–Crippen MR) is 104 cm³/mol. The lowest BCUT2D eigenvalue weighted by atomic mass is 10.0. The van der Waals surface area contributed by atoms with E-state index >= 15 is 0 Å². The van der Waals surface area contributed by atoms with Crippen LogP contribution in [0.3, 0.4) is 0 Å². The average molecular weight is 345 g/mol. The van der Waals surface area contributed by atoms with E-state index in [9.17, 15) is 4.79 Å². The van der Waals surface area contributed by atoms with Crippen LogP contribution in [0.1, 0.15) is 17.3 Å². The van der Waals surface area contributed by atoms with Crippen molar-refractivity contribution in [2.75, 3.05) is 18.9 Å². The highest BCUT2D eigenvalue weighted by Crippen LogP contribution is 2.27. The maximum atomic E-state index is 12.6. The Morgan fingerprint density at radius 1 is 1.19 bits per heavy atom. The van der Waals surface area contributed by atoms with E-state index in [1.807, 2.05) is 62.5 Å². The first-order valence-electron chi connectivity index (χ1n) is 8.51. The van der Waals surface area contributed by atoms with Gasteiger partial charge in [-0.05, 0) is 48.0 Å². The number of nitrogens with one attached hydrogen (secondary N) is 2. The minimum atomic E-state index is 0.0290. The van der Waals surface area contributed by atoms with Crippen LogP contribution in [-0.4, -0.2) is 39.6 Å². The van der Waals surface area contributed by atoms with E-state index in [4.69, 9.17) is 0 Å². The van der Waals surface area contributed by atoms with Gasteiger partial charge >= 0.3 is 0 Å². The van der Waals surface area contributed by atoms with Crippen LogP contribution in [0.25, 0.3) is 21.8 Å². The number of amides is 1. The number of H-pyrrole nitrogens is 1. The summed E-state index contributed by atoms with van der Waals surface area (Å²) in [6.45, 7) is 2.64. The molecule has 2 N–H and O–H groups in total. The molecule has 6 heteroatoms. The van der Waals surface area contributed by atoms with Gasteiger partial charge in [-0.1, -0.05) is 18.2 Å². The number of hydrogen-bond donors (Lipinski definition) is 2. The van der Waals surface area contributed by atoms with Gasteiger partial charge in [0, 0.05) is 31.0 Å². The molecule has 0 spiro atoms. The molecule has 0 aliphatic rings. The van der Waals surface area contributed by atoms with Gasteiger partial charge in [0.05, 0.1) is 5.52 Å². The highest BCUT2D eigenvalue weighted by atomic mass is 16.2. The number of pyridine rings is 1. The van der Waals surface area contributed by atoms with E-state index in [0.717, 1.165) is 27.5 Å². The molecule has 0 aliphatic heterocycles. The van der Waals surface area contributed by atoms with E-state index in [1.54, 1.807) is 11.1 Å². The van der Waals surface area contributed by atoms with Crippen molar-refractivity contribution in [1.29, 1.82) is 0 Å². The van der Waals surface area contributed by atoms with Gasteiger partial charge in [-0.2, -0.15) is 5.10 Å². The molecule has 4 rings (SSSR count). The van der Waals surface area contributed by atoms with Crippen LogP contribution in [-0.2, 0) is 0 Å². The molecule has 0 saturated carbocycles. The fraction of sp³-hybridized carbons (Fsp3) is 0.150.